The maximum absolute atomic E-state index is 13.7. The molecule has 1 aromatic heterocycles. The zero-order valence-electron chi connectivity index (χ0n) is 10.5. The Bertz CT molecular complexity index is 580. The smallest absolute Gasteiger partial charge is 0.178 e. The van der Waals surface area contributed by atoms with Crippen molar-refractivity contribution in [3.05, 3.63) is 53.6 Å². The zero-order chi connectivity index (χ0) is 14.5. The monoisotopic (exact) mass is 280 g/mol. The Morgan fingerprint density at radius 2 is 1.80 bits per heavy atom. The fourth-order valence-electron chi connectivity index (χ4n) is 1.75. The summed E-state index contributed by atoms with van der Waals surface area (Å²) in [5.41, 5.74) is 2.79. The van der Waals surface area contributed by atoms with Crippen molar-refractivity contribution in [2.24, 2.45) is 5.84 Å². The molecule has 1 heterocycles. The number of benzene rings is 1. The normalized spacial score (nSPS) is 12.0. The Morgan fingerprint density at radius 3 is 2.40 bits per heavy atom. The van der Waals surface area contributed by atoms with E-state index in [4.69, 9.17) is 5.84 Å². The van der Waals surface area contributed by atoms with Gasteiger partial charge in [0.25, 0.3) is 0 Å². The molecule has 0 radical (unpaired) electrons. The van der Waals surface area contributed by atoms with E-state index < -0.39 is 17.7 Å². The Labute approximate surface area is 114 Å². The summed E-state index contributed by atoms with van der Waals surface area (Å²) in [6.45, 7) is -0.270. The maximum atomic E-state index is 13.7. The minimum Gasteiger partial charge on any atom is -0.394 e. The average molecular weight is 280 g/mol. The van der Waals surface area contributed by atoms with Gasteiger partial charge in [0.15, 0.2) is 23.3 Å². The van der Waals surface area contributed by atoms with Gasteiger partial charge in [-0.25, -0.2) is 19.6 Å². The summed E-state index contributed by atoms with van der Waals surface area (Å²) in [7, 11) is 0. The van der Waals surface area contributed by atoms with Gasteiger partial charge in [0.05, 0.1) is 12.6 Å². The minimum atomic E-state index is -0.893. The lowest BCUT2D eigenvalue weighted by molar-refractivity contribution is 0.276. The van der Waals surface area contributed by atoms with Gasteiger partial charge < -0.3 is 15.8 Å². The van der Waals surface area contributed by atoms with Crippen molar-refractivity contribution < 1.29 is 13.9 Å². The number of nitrogens with zero attached hydrogens (tertiary/aromatic N) is 1. The Morgan fingerprint density at radius 1 is 1.15 bits per heavy atom. The third kappa shape index (κ3) is 3.01. The maximum Gasteiger partial charge on any atom is 0.178 e. The molecule has 106 valence electrons. The van der Waals surface area contributed by atoms with Crippen LogP contribution in [0.5, 0.6) is 0 Å². The van der Waals surface area contributed by atoms with Gasteiger partial charge in [0, 0.05) is 6.07 Å². The summed E-state index contributed by atoms with van der Waals surface area (Å²) in [5, 5.41) is 12.1. The lowest BCUT2D eigenvalue weighted by Crippen LogP contribution is -2.18. The number of hydrogen-bond acceptors (Lipinski definition) is 5. The van der Waals surface area contributed by atoms with E-state index in [1.807, 2.05) is 11.5 Å². The van der Waals surface area contributed by atoms with Gasteiger partial charge in [-0.2, -0.15) is 0 Å². The summed E-state index contributed by atoms with van der Waals surface area (Å²) in [6.07, 6.45) is 0. The van der Waals surface area contributed by atoms with Crippen molar-refractivity contribution in [2.75, 3.05) is 17.3 Å². The van der Waals surface area contributed by atoms with Crippen molar-refractivity contribution >= 4 is 11.6 Å². The van der Waals surface area contributed by atoms with Crippen LogP contribution in [0.3, 0.4) is 0 Å². The number of anilines is 2. The standard InChI is InChI=1S/C13H14F2N4O/c14-9-6-10(15)13(19-16)18-12(9)17-11(7-20)8-4-2-1-3-5-8/h1-6,11,20H,7,16H2,(H2,17,18,19). The highest BCUT2D eigenvalue weighted by Gasteiger charge is 2.16. The van der Waals surface area contributed by atoms with Gasteiger partial charge >= 0.3 is 0 Å². The summed E-state index contributed by atoms with van der Waals surface area (Å²) >= 11 is 0. The van der Waals surface area contributed by atoms with Gasteiger partial charge in [-0.3, -0.25) is 0 Å². The van der Waals surface area contributed by atoms with E-state index in [9.17, 15) is 13.9 Å². The Hall–Kier alpha value is -2.25. The molecule has 5 nitrogen and oxygen atoms in total. The van der Waals surface area contributed by atoms with Crippen LogP contribution in [0.2, 0.25) is 0 Å². The molecule has 0 fully saturated rings. The fraction of sp³-hybridized carbons (Fsp3) is 0.154. The van der Waals surface area contributed by atoms with Crippen LogP contribution < -0.4 is 16.6 Å². The van der Waals surface area contributed by atoms with Crippen molar-refractivity contribution in [1.29, 1.82) is 0 Å². The number of nitrogens with one attached hydrogen (secondary N) is 2. The highest BCUT2D eigenvalue weighted by atomic mass is 19.1. The second kappa shape index (κ2) is 6.27. The quantitative estimate of drug-likeness (QED) is 0.496. The molecular formula is C13H14F2N4O. The number of aliphatic hydroxyl groups excluding tert-OH is 1. The van der Waals surface area contributed by atoms with E-state index in [0.29, 0.717) is 6.07 Å². The number of halogens is 2. The lowest BCUT2D eigenvalue weighted by Gasteiger charge is -2.18. The first-order valence-corrected chi connectivity index (χ1v) is 5.90. The molecule has 0 spiro atoms. The van der Waals surface area contributed by atoms with Crippen LogP contribution in [0, 0.1) is 11.6 Å². The second-order valence-electron chi connectivity index (χ2n) is 4.08. The van der Waals surface area contributed by atoms with E-state index in [2.05, 4.69) is 10.3 Å². The topological polar surface area (TPSA) is 83.2 Å². The first-order valence-electron chi connectivity index (χ1n) is 5.90. The van der Waals surface area contributed by atoms with Crippen molar-refractivity contribution in [2.45, 2.75) is 6.04 Å². The number of hydrazine groups is 1. The van der Waals surface area contributed by atoms with Gasteiger partial charge in [-0.1, -0.05) is 30.3 Å². The molecule has 20 heavy (non-hydrogen) atoms. The van der Waals surface area contributed by atoms with Gasteiger partial charge in [0.2, 0.25) is 0 Å². The molecule has 2 aromatic rings. The number of aliphatic hydroxyl groups is 1. The molecule has 1 unspecified atom stereocenters. The Kier molecular flexibility index (Phi) is 4.44. The van der Waals surface area contributed by atoms with Crippen LogP contribution in [0.25, 0.3) is 0 Å². The number of nitrogens with two attached hydrogens (primary N) is 1. The molecule has 0 amide bonds. The number of pyridine rings is 1. The van der Waals surface area contributed by atoms with Crippen LogP contribution in [0.4, 0.5) is 20.4 Å². The first kappa shape index (κ1) is 14.2. The van der Waals surface area contributed by atoms with Crippen LogP contribution >= 0.6 is 0 Å². The van der Waals surface area contributed by atoms with E-state index in [1.54, 1.807) is 24.3 Å². The number of hydrogen-bond donors (Lipinski definition) is 4. The van der Waals surface area contributed by atoms with Crippen molar-refractivity contribution in [3.8, 4) is 0 Å². The van der Waals surface area contributed by atoms with Gasteiger partial charge in [0.1, 0.15) is 0 Å². The molecular weight excluding hydrogens is 266 g/mol. The number of nitrogen functional groups attached to an aromatic ring is 1. The van der Waals surface area contributed by atoms with Gasteiger partial charge in [-0.05, 0) is 5.56 Å². The molecule has 0 bridgehead atoms. The summed E-state index contributed by atoms with van der Waals surface area (Å²) in [4.78, 5) is 3.70. The molecule has 0 saturated heterocycles. The number of rotatable bonds is 5. The molecule has 0 aliphatic heterocycles. The molecule has 5 N–H and O–H groups in total. The molecule has 0 aliphatic rings. The summed E-state index contributed by atoms with van der Waals surface area (Å²) in [6, 6.07) is 9.07. The number of aromatic nitrogens is 1. The largest absolute Gasteiger partial charge is 0.394 e. The van der Waals surface area contributed by atoms with Crippen LogP contribution in [0.15, 0.2) is 36.4 Å². The molecule has 0 saturated carbocycles. The lowest BCUT2D eigenvalue weighted by atomic mass is 10.1. The van der Waals surface area contributed by atoms with E-state index in [0.717, 1.165) is 5.56 Å². The predicted octanol–water partition coefficient (Wildman–Crippen LogP) is 1.79. The fourth-order valence-corrected chi connectivity index (χ4v) is 1.75. The molecule has 7 heteroatoms. The summed E-state index contributed by atoms with van der Waals surface area (Å²) < 4.78 is 26.9. The highest BCUT2D eigenvalue weighted by molar-refractivity contribution is 5.48. The molecule has 2 rings (SSSR count). The van der Waals surface area contributed by atoms with Crippen molar-refractivity contribution in [1.82, 2.24) is 4.98 Å². The summed E-state index contributed by atoms with van der Waals surface area (Å²) in [5.74, 6) is 2.86. The first-order chi connectivity index (χ1) is 9.65. The van der Waals surface area contributed by atoms with E-state index in [-0.39, 0.29) is 18.2 Å². The minimum absolute atomic E-state index is 0.192. The molecule has 1 atom stereocenters. The molecule has 1 aromatic carbocycles. The predicted molar refractivity (Wildman–Crippen MR) is 71.9 cm³/mol. The van der Waals surface area contributed by atoms with Crippen LogP contribution in [-0.2, 0) is 0 Å². The van der Waals surface area contributed by atoms with E-state index >= 15 is 0 Å². The molecule has 0 aliphatic carbocycles. The van der Waals surface area contributed by atoms with E-state index in [1.165, 1.54) is 0 Å². The highest BCUT2D eigenvalue weighted by Crippen LogP contribution is 2.23. The SMILES string of the molecule is NNc1nc(NC(CO)c2ccccc2)c(F)cc1F. The average Bonchev–Trinajstić information content (AvgIpc) is 2.47. The third-order valence-corrected chi connectivity index (χ3v) is 2.76. The second-order valence-corrected chi connectivity index (χ2v) is 4.08. The Balaban J connectivity index is 2.28. The van der Waals surface area contributed by atoms with Gasteiger partial charge in [-0.15, -0.1) is 0 Å². The van der Waals surface area contributed by atoms with Crippen LogP contribution in [0.1, 0.15) is 11.6 Å². The zero-order valence-corrected chi connectivity index (χ0v) is 10.5. The van der Waals surface area contributed by atoms with Crippen LogP contribution in [-0.4, -0.2) is 16.7 Å². The van der Waals surface area contributed by atoms with Crippen molar-refractivity contribution in [3.63, 3.8) is 0 Å². The third-order valence-electron chi connectivity index (χ3n) is 2.76.